The van der Waals surface area contributed by atoms with Crippen LogP contribution in [0.15, 0.2) is 4.99 Å². The first-order valence-corrected chi connectivity index (χ1v) is 7.67. The van der Waals surface area contributed by atoms with Crippen molar-refractivity contribution in [1.29, 1.82) is 0 Å². The summed E-state index contributed by atoms with van der Waals surface area (Å²) < 4.78 is 5.04. The second kappa shape index (κ2) is 7.64. The molecule has 0 spiro atoms. The molecule has 1 rings (SSSR count). The molecular weight excluding hydrogens is 268 g/mol. The van der Waals surface area contributed by atoms with E-state index in [2.05, 4.69) is 38.0 Å². The standard InChI is InChI=1S/C15H30N4O2/c1-7-16-14(17-8-9-21-6)18-10-13(20)19(12(2)3)15(4,5)11-18/h12H,7-11H2,1-6H3,(H,16,17). The fourth-order valence-corrected chi connectivity index (χ4v) is 2.98. The highest BCUT2D eigenvalue weighted by atomic mass is 16.5. The van der Waals surface area contributed by atoms with Crippen molar-refractivity contribution in [3.63, 3.8) is 0 Å². The van der Waals surface area contributed by atoms with Crippen molar-refractivity contribution in [3.8, 4) is 0 Å². The number of carbonyl (C=O) groups is 1. The molecule has 6 heteroatoms. The second-order valence-corrected chi connectivity index (χ2v) is 6.25. The molecule has 0 bridgehead atoms. The molecule has 0 aromatic carbocycles. The van der Waals surface area contributed by atoms with Gasteiger partial charge in [0.2, 0.25) is 5.91 Å². The molecule has 0 atom stereocenters. The molecule has 6 nitrogen and oxygen atoms in total. The number of amides is 1. The quantitative estimate of drug-likeness (QED) is 0.466. The third-order valence-corrected chi connectivity index (χ3v) is 3.53. The van der Waals surface area contributed by atoms with Crippen LogP contribution in [0.1, 0.15) is 34.6 Å². The van der Waals surface area contributed by atoms with Crippen LogP contribution in [0.2, 0.25) is 0 Å². The number of methoxy groups -OCH3 is 1. The van der Waals surface area contributed by atoms with Crippen molar-refractivity contribution in [1.82, 2.24) is 15.1 Å². The number of hydrogen-bond acceptors (Lipinski definition) is 3. The highest BCUT2D eigenvalue weighted by Gasteiger charge is 2.40. The summed E-state index contributed by atoms with van der Waals surface area (Å²) in [6.45, 7) is 13.5. The third-order valence-electron chi connectivity index (χ3n) is 3.53. The minimum Gasteiger partial charge on any atom is -0.383 e. The van der Waals surface area contributed by atoms with Gasteiger partial charge in [0.05, 0.1) is 25.2 Å². The largest absolute Gasteiger partial charge is 0.383 e. The molecule has 0 saturated carbocycles. The average Bonchev–Trinajstić information content (AvgIpc) is 2.35. The van der Waals surface area contributed by atoms with E-state index < -0.39 is 0 Å². The Kier molecular flexibility index (Phi) is 6.45. The van der Waals surface area contributed by atoms with Crippen LogP contribution < -0.4 is 5.32 Å². The number of guanidine groups is 1. The van der Waals surface area contributed by atoms with E-state index in [0.717, 1.165) is 19.0 Å². The summed E-state index contributed by atoms with van der Waals surface area (Å²) >= 11 is 0. The fraction of sp³-hybridized carbons (Fsp3) is 0.867. The number of carbonyl (C=O) groups excluding carboxylic acids is 1. The smallest absolute Gasteiger partial charge is 0.242 e. The van der Waals surface area contributed by atoms with Gasteiger partial charge < -0.3 is 19.9 Å². The lowest BCUT2D eigenvalue weighted by molar-refractivity contribution is -0.145. The van der Waals surface area contributed by atoms with E-state index in [1.54, 1.807) is 7.11 Å². The van der Waals surface area contributed by atoms with Crippen LogP contribution in [0.3, 0.4) is 0 Å². The number of aliphatic imine (C=N–C) groups is 1. The fourth-order valence-electron chi connectivity index (χ4n) is 2.98. The zero-order chi connectivity index (χ0) is 16.0. The number of rotatable bonds is 5. The molecule has 122 valence electrons. The van der Waals surface area contributed by atoms with E-state index in [0.29, 0.717) is 19.7 Å². The van der Waals surface area contributed by atoms with E-state index in [-0.39, 0.29) is 17.5 Å². The molecule has 1 N–H and O–H groups in total. The molecule has 1 heterocycles. The number of hydrogen-bond donors (Lipinski definition) is 1. The topological polar surface area (TPSA) is 57.2 Å². The lowest BCUT2D eigenvalue weighted by atomic mass is 9.96. The van der Waals surface area contributed by atoms with Crippen molar-refractivity contribution >= 4 is 11.9 Å². The highest BCUT2D eigenvalue weighted by molar-refractivity contribution is 5.88. The number of piperazine rings is 1. The predicted octanol–water partition coefficient (Wildman–Crippen LogP) is 0.930. The zero-order valence-electron chi connectivity index (χ0n) is 14.3. The Balaban J connectivity index is 2.88. The van der Waals surface area contributed by atoms with Gasteiger partial charge in [-0.05, 0) is 34.6 Å². The molecule has 1 amide bonds. The Hall–Kier alpha value is -1.30. The monoisotopic (exact) mass is 298 g/mol. The zero-order valence-corrected chi connectivity index (χ0v) is 14.3. The van der Waals surface area contributed by atoms with Crippen LogP contribution in [0.4, 0.5) is 0 Å². The van der Waals surface area contributed by atoms with E-state index in [1.807, 2.05) is 16.7 Å². The summed E-state index contributed by atoms with van der Waals surface area (Å²) in [4.78, 5) is 21.0. The minimum absolute atomic E-state index is 0.151. The van der Waals surface area contributed by atoms with Gasteiger partial charge in [-0.2, -0.15) is 0 Å². The lowest BCUT2D eigenvalue weighted by Gasteiger charge is -2.49. The van der Waals surface area contributed by atoms with Gasteiger partial charge >= 0.3 is 0 Å². The first-order chi connectivity index (χ1) is 9.83. The summed E-state index contributed by atoms with van der Waals surface area (Å²) in [6.07, 6.45) is 0. The van der Waals surface area contributed by atoms with Gasteiger partial charge in [0.25, 0.3) is 0 Å². The summed E-state index contributed by atoms with van der Waals surface area (Å²) in [5.41, 5.74) is -0.207. The summed E-state index contributed by atoms with van der Waals surface area (Å²) in [5, 5.41) is 3.26. The summed E-state index contributed by atoms with van der Waals surface area (Å²) in [6, 6.07) is 0.211. The van der Waals surface area contributed by atoms with Crippen LogP contribution in [0, 0.1) is 0 Å². The van der Waals surface area contributed by atoms with E-state index in [1.165, 1.54) is 0 Å². The molecule has 21 heavy (non-hydrogen) atoms. The molecule has 1 aliphatic heterocycles. The molecule has 0 unspecified atom stereocenters. The number of ether oxygens (including phenoxy) is 1. The van der Waals surface area contributed by atoms with Gasteiger partial charge in [-0.25, -0.2) is 0 Å². The predicted molar refractivity (Wildman–Crippen MR) is 85.5 cm³/mol. The van der Waals surface area contributed by atoms with Gasteiger partial charge in [-0.1, -0.05) is 0 Å². The molecule has 0 aromatic rings. The Bertz CT molecular complexity index is 380. The molecule has 1 aliphatic rings. The van der Waals surface area contributed by atoms with Crippen LogP contribution in [-0.4, -0.2) is 73.1 Å². The Morgan fingerprint density at radius 3 is 2.62 bits per heavy atom. The first-order valence-electron chi connectivity index (χ1n) is 7.67. The van der Waals surface area contributed by atoms with Crippen LogP contribution in [-0.2, 0) is 9.53 Å². The van der Waals surface area contributed by atoms with E-state index in [9.17, 15) is 4.79 Å². The molecule has 0 radical (unpaired) electrons. The number of nitrogens with zero attached hydrogens (tertiary/aromatic N) is 3. The van der Waals surface area contributed by atoms with Crippen molar-refractivity contribution < 1.29 is 9.53 Å². The molecule has 1 fully saturated rings. The maximum Gasteiger partial charge on any atom is 0.242 e. The normalized spacial score (nSPS) is 19.4. The van der Waals surface area contributed by atoms with Crippen LogP contribution in [0.25, 0.3) is 0 Å². The Labute approximate surface area is 128 Å². The Morgan fingerprint density at radius 1 is 1.48 bits per heavy atom. The first kappa shape index (κ1) is 17.8. The van der Waals surface area contributed by atoms with Gasteiger partial charge in [0, 0.05) is 26.2 Å². The maximum absolute atomic E-state index is 12.5. The third kappa shape index (κ3) is 4.59. The van der Waals surface area contributed by atoms with E-state index in [4.69, 9.17) is 4.74 Å². The van der Waals surface area contributed by atoms with Crippen molar-refractivity contribution in [2.75, 3.05) is 39.9 Å². The summed E-state index contributed by atoms with van der Waals surface area (Å²) in [5.74, 6) is 0.943. The highest BCUT2D eigenvalue weighted by Crippen LogP contribution is 2.24. The maximum atomic E-state index is 12.5. The molecule has 0 aromatic heterocycles. The van der Waals surface area contributed by atoms with Crippen molar-refractivity contribution in [2.45, 2.75) is 46.2 Å². The SMILES string of the molecule is CCNC(=NCCOC)N1CC(=O)N(C(C)C)C(C)(C)C1. The van der Waals surface area contributed by atoms with Crippen LogP contribution in [0.5, 0.6) is 0 Å². The van der Waals surface area contributed by atoms with Gasteiger partial charge in [0.1, 0.15) is 0 Å². The van der Waals surface area contributed by atoms with Crippen molar-refractivity contribution in [2.24, 2.45) is 4.99 Å². The number of nitrogens with one attached hydrogen (secondary N) is 1. The average molecular weight is 298 g/mol. The molecule has 1 saturated heterocycles. The van der Waals surface area contributed by atoms with Gasteiger partial charge in [-0.3, -0.25) is 9.79 Å². The second-order valence-electron chi connectivity index (χ2n) is 6.25. The van der Waals surface area contributed by atoms with Gasteiger partial charge in [-0.15, -0.1) is 0 Å². The summed E-state index contributed by atoms with van der Waals surface area (Å²) in [7, 11) is 1.66. The van der Waals surface area contributed by atoms with Gasteiger partial charge in [0.15, 0.2) is 5.96 Å². The molecule has 0 aliphatic carbocycles. The minimum atomic E-state index is -0.207. The Morgan fingerprint density at radius 2 is 2.14 bits per heavy atom. The van der Waals surface area contributed by atoms with Crippen LogP contribution >= 0.6 is 0 Å². The lowest BCUT2D eigenvalue weighted by Crippen LogP contribution is -2.66. The van der Waals surface area contributed by atoms with Crippen molar-refractivity contribution in [3.05, 3.63) is 0 Å². The van der Waals surface area contributed by atoms with E-state index >= 15 is 0 Å². The molecular formula is C15H30N4O2.